The van der Waals surface area contributed by atoms with Gasteiger partial charge in [-0.3, -0.25) is 4.40 Å². The van der Waals surface area contributed by atoms with E-state index in [-0.39, 0.29) is 0 Å². The van der Waals surface area contributed by atoms with E-state index >= 15 is 0 Å². The van der Waals surface area contributed by atoms with E-state index in [1.807, 2.05) is 36.7 Å². The number of hydrogen-bond acceptors (Lipinski definition) is 6. The summed E-state index contributed by atoms with van der Waals surface area (Å²) in [6.45, 7) is 7.23. The Morgan fingerprint density at radius 3 is 2.86 bits per heavy atom. The molecule has 1 amide bonds. The summed E-state index contributed by atoms with van der Waals surface area (Å²) in [4.78, 5) is 16.8. The van der Waals surface area contributed by atoms with Gasteiger partial charge in [0.25, 0.3) is 0 Å². The molecule has 0 aromatic carbocycles. The van der Waals surface area contributed by atoms with E-state index in [1.54, 1.807) is 18.4 Å². The van der Waals surface area contributed by atoms with Crippen LogP contribution < -0.4 is 15.4 Å². The molecule has 22 heavy (non-hydrogen) atoms. The summed E-state index contributed by atoms with van der Waals surface area (Å²) in [6.07, 6.45) is 1.56. The molecule has 0 aliphatic heterocycles. The number of carbonyl (C=O) groups excluding carboxylic acids is 1. The highest BCUT2D eigenvalue weighted by Gasteiger charge is 2.16. The average molecular weight is 326 g/mol. The molecule has 2 aromatic heterocycles. The quantitative estimate of drug-likeness (QED) is 0.794. The topological polar surface area (TPSA) is 76.9 Å². The highest BCUT2D eigenvalue weighted by molar-refractivity contribution is 7.15. The number of hydrogen-bond donors (Lipinski definition) is 2. The molecular weight excluding hydrogens is 304 g/mol. The van der Waals surface area contributed by atoms with Gasteiger partial charge >= 0.3 is 6.09 Å². The zero-order chi connectivity index (χ0) is 16.2. The number of nitrogens with one attached hydrogen (secondary N) is 2. The van der Waals surface area contributed by atoms with Crippen molar-refractivity contribution in [1.82, 2.24) is 20.0 Å². The second kappa shape index (κ2) is 6.97. The zero-order valence-electron chi connectivity index (χ0n) is 13.3. The highest BCUT2D eigenvalue weighted by atomic mass is 32.1. The Hall–Kier alpha value is -1.80. The number of amides is 1. The largest absolute Gasteiger partial charge is 0.480 e. The molecule has 0 aliphatic carbocycles. The maximum Gasteiger partial charge on any atom is 0.407 e. The minimum absolute atomic E-state index is 0.406. The first kappa shape index (κ1) is 16.6. The number of carbonyl (C=O) groups is 1. The van der Waals surface area contributed by atoms with Crippen LogP contribution in [-0.4, -0.2) is 41.3 Å². The minimum atomic E-state index is -0.479. The molecule has 0 unspecified atom stereocenters. The van der Waals surface area contributed by atoms with Crippen molar-refractivity contribution in [2.24, 2.45) is 0 Å². The van der Waals surface area contributed by atoms with Gasteiger partial charge in [-0.15, -0.1) is 11.3 Å². The van der Waals surface area contributed by atoms with Crippen molar-refractivity contribution in [3.63, 3.8) is 0 Å². The normalized spacial score (nSPS) is 11.6. The van der Waals surface area contributed by atoms with Gasteiger partial charge in [-0.05, 0) is 20.8 Å². The molecule has 2 rings (SSSR count). The number of aromatic nitrogens is 2. The minimum Gasteiger partial charge on any atom is -0.480 e. The summed E-state index contributed by atoms with van der Waals surface area (Å²) in [5.74, 6) is 0.624. The van der Waals surface area contributed by atoms with Gasteiger partial charge in [0.2, 0.25) is 5.88 Å². The molecule has 0 saturated heterocycles. The molecule has 8 heteroatoms. The van der Waals surface area contributed by atoms with E-state index < -0.39 is 11.7 Å². The Labute approximate surface area is 133 Å². The van der Waals surface area contributed by atoms with Gasteiger partial charge in [-0.1, -0.05) is 0 Å². The van der Waals surface area contributed by atoms with E-state index in [1.165, 1.54) is 0 Å². The fourth-order valence-electron chi connectivity index (χ4n) is 1.91. The van der Waals surface area contributed by atoms with Crippen LogP contribution in [0.5, 0.6) is 5.88 Å². The van der Waals surface area contributed by atoms with Gasteiger partial charge in [0.05, 0.1) is 7.11 Å². The van der Waals surface area contributed by atoms with Crippen LogP contribution in [0.1, 0.15) is 26.5 Å². The van der Waals surface area contributed by atoms with Crippen molar-refractivity contribution < 1.29 is 14.3 Å². The summed E-state index contributed by atoms with van der Waals surface area (Å²) in [5, 5.41) is 7.94. The van der Waals surface area contributed by atoms with E-state index in [2.05, 4.69) is 15.6 Å². The van der Waals surface area contributed by atoms with E-state index in [9.17, 15) is 4.79 Å². The Balaban J connectivity index is 1.76. The van der Waals surface area contributed by atoms with Gasteiger partial charge in [0, 0.05) is 31.2 Å². The third kappa shape index (κ3) is 4.35. The first-order chi connectivity index (χ1) is 10.4. The summed E-state index contributed by atoms with van der Waals surface area (Å²) >= 11 is 1.56. The Morgan fingerprint density at radius 2 is 2.18 bits per heavy atom. The molecule has 0 atom stereocenters. The summed E-state index contributed by atoms with van der Waals surface area (Å²) in [7, 11) is 1.61. The molecule has 2 N–H and O–H groups in total. The van der Waals surface area contributed by atoms with Crippen LogP contribution in [0, 0.1) is 0 Å². The molecule has 2 aromatic rings. The maximum atomic E-state index is 11.5. The van der Waals surface area contributed by atoms with Crippen LogP contribution in [0.25, 0.3) is 4.96 Å². The SMILES string of the molecule is COc1nc2sccn2c1CNCCNC(=O)OC(C)(C)C. The zero-order valence-corrected chi connectivity index (χ0v) is 14.1. The Bertz CT molecular complexity index is 630. The van der Waals surface area contributed by atoms with Gasteiger partial charge in [0.15, 0.2) is 4.96 Å². The standard InChI is InChI=1S/C14H22N4O3S/c1-14(2,3)21-13(19)16-6-5-15-9-10-11(20-4)17-12-18(10)7-8-22-12/h7-8,15H,5-6,9H2,1-4H3,(H,16,19). The van der Waals surface area contributed by atoms with Gasteiger partial charge in [-0.2, -0.15) is 4.98 Å². The second-order valence-corrected chi connectivity index (χ2v) is 6.60. The number of nitrogens with zero attached hydrogens (tertiary/aromatic N) is 2. The van der Waals surface area contributed by atoms with Crippen LogP contribution in [-0.2, 0) is 11.3 Å². The lowest BCUT2D eigenvalue weighted by molar-refractivity contribution is 0.0528. The molecular formula is C14H22N4O3S. The molecule has 2 heterocycles. The smallest absolute Gasteiger partial charge is 0.407 e. The van der Waals surface area contributed by atoms with Gasteiger partial charge < -0.3 is 20.1 Å². The van der Waals surface area contributed by atoms with Crippen molar-refractivity contribution in [2.75, 3.05) is 20.2 Å². The highest BCUT2D eigenvalue weighted by Crippen LogP contribution is 2.22. The average Bonchev–Trinajstić information content (AvgIpc) is 2.97. The molecule has 7 nitrogen and oxygen atoms in total. The lowest BCUT2D eigenvalue weighted by Crippen LogP contribution is -2.36. The van der Waals surface area contributed by atoms with E-state index in [0.717, 1.165) is 10.7 Å². The lowest BCUT2D eigenvalue weighted by Gasteiger charge is -2.19. The number of methoxy groups -OCH3 is 1. The first-order valence-electron chi connectivity index (χ1n) is 7.06. The van der Waals surface area contributed by atoms with E-state index in [4.69, 9.17) is 9.47 Å². The number of rotatable bonds is 6. The van der Waals surface area contributed by atoms with Gasteiger partial charge in [0.1, 0.15) is 11.3 Å². The van der Waals surface area contributed by atoms with Crippen molar-refractivity contribution in [2.45, 2.75) is 32.9 Å². The van der Waals surface area contributed by atoms with Crippen molar-refractivity contribution in [3.8, 4) is 5.88 Å². The number of fused-ring (bicyclic) bond motifs is 1. The Kier molecular flexibility index (Phi) is 5.25. The maximum absolute atomic E-state index is 11.5. The molecule has 122 valence electrons. The summed E-state index contributed by atoms with van der Waals surface area (Å²) in [5.41, 5.74) is 0.489. The molecule has 0 bridgehead atoms. The van der Waals surface area contributed by atoms with Crippen molar-refractivity contribution in [3.05, 3.63) is 17.3 Å². The molecule has 0 radical (unpaired) electrons. The van der Waals surface area contributed by atoms with Crippen LogP contribution >= 0.6 is 11.3 Å². The molecule has 0 fully saturated rings. The lowest BCUT2D eigenvalue weighted by atomic mass is 10.2. The number of thiazole rings is 1. The molecule has 0 saturated carbocycles. The van der Waals surface area contributed by atoms with Crippen LogP contribution in [0.3, 0.4) is 0 Å². The monoisotopic (exact) mass is 326 g/mol. The molecule has 0 aliphatic rings. The predicted octanol–water partition coefficient (Wildman–Crippen LogP) is 2.02. The summed E-state index contributed by atoms with van der Waals surface area (Å²) in [6, 6.07) is 0. The number of imidazole rings is 1. The van der Waals surface area contributed by atoms with Crippen molar-refractivity contribution >= 4 is 22.4 Å². The molecule has 0 spiro atoms. The third-order valence-electron chi connectivity index (χ3n) is 2.78. The van der Waals surface area contributed by atoms with E-state index in [0.29, 0.717) is 25.5 Å². The Morgan fingerprint density at radius 1 is 1.41 bits per heavy atom. The first-order valence-corrected chi connectivity index (χ1v) is 7.94. The fraction of sp³-hybridized carbons (Fsp3) is 0.571. The van der Waals surface area contributed by atoms with Crippen LogP contribution in [0.15, 0.2) is 11.6 Å². The fourth-order valence-corrected chi connectivity index (χ4v) is 2.64. The third-order valence-corrected chi connectivity index (χ3v) is 3.54. The predicted molar refractivity (Wildman–Crippen MR) is 85.6 cm³/mol. The van der Waals surface area contributed by atoms with Gasteiger partial charge in [-0.25, -0.2) is 4.79 Å². The number of ether oxygens (including phenoxy) is 2. The van der Waals surface area contributed by atoms with Crippen molar-refractivity contribution in [1.29, 1.82) is 0 Å². The van der Waals surface area contributed by atoms with Crippen LogP contribution in [0.4, 0.5) is 4.79 Å². The van der Waals surface area contributed by atoms with Crippen LogP contribution in [0.2, 0.25) is 0 Å². The number of alkyl carbamates (subject to hydrolysis) is 1. The second-order valence-electron chi connectivity index (χ2n) is 5.73. The summed E-state index contributed by atoms with van der Waals surface area (Å²) < 4.78 is 12.4.